The molecule has 1 aliphatic heterocycles. The van der Waals surface area contributed by atoms with Gasteiger partial charge in [-0.2, -0.15) is 15.3 Å². The topological polar surface area (TPSA) is 131 Å². The number of pyridine rings is 1. The van der Waals surface area contributed by atoms with Crippen LogP contribution >= 0.6 is 0 Å². The van der Waals surface area contributed by atoms with Gasteiger partial charge in [-0.25, -0.2) is 14.8 Å². The van der Waals surface area contributed by atoms with Crippen LogP contribution in [0.3, 0.4) is 0 Å². The van der Waals surface area contributed by atoms with Crippen LogP contribution in [0.5, 0.6) is 0 Å². The van der Waals surface area contributed by atoms with Crippen LogP contribution in [0.4, 0.5) is 22.4 Å². The van der Waals surface area contributed by atoms with Gasteiger partial charge in [0.1, 0.15) is 17.5 Å². The van der Waals surface area contributed by atoms with E-state index in [4.69, 9.17) is 9.97 Å². The molecule has 46 heavy (non-hydrogen) atoms. The lowest BCUT2D eigenvalue weighted by Crippen LogP contribution is -2.49. The second kappa shape index (κ2) is 14.4. The molecule has 12 heteroatoms. The van der Waals surface area contributed by atoms with Crippen LogP contribution in [-0.4, -0.2) is 81.0 Å². The zero-order chi connectivity index (χ0) is 31.9. The highest BCUT2D eigenvalue weighted by Gasteiger charge is 2.31. The Morgan fingerprint density at radius 2 is 1.78 bits per heavy atom. The molecule has 0 spiro atoms. The molecule has 0 radical (unpaired) electrons. The lowest BCUT2D eigenvalue weighted by atomic mass is 9.90. The Morgan fingerprint density at radius 1 is 0.957 bits per heavy atom. The third kappa shape index (κ3) is 7.43. The standard InChI is InChI=1S/C34H41N11O/c1-42-15-6-16-44(18-17-42)32-27(19-35)22-37-33(41-32)40-29-10-12-30(13-11-29)45(34(46)38-20-25-7-4-3-5-8-25)31-14-9-26(21-36-31)28-23-39-43(2)24-28/h3-5,7-9,14,21-24,29-30H,6,10-13,15-18,20H2,1-2H3,(H,38,46)(H,37,40,41)/t29-,30-. The number of aromatic nitrogens is 5. The fraction of sp³-hybridized carbons (Fsp3) is 0.412. The molecule has 0 unspecified atom stereocenters. The lowest BCUT2D eigenvalue weighted by Gasteiger charge is -2.36. The Hall–Kier alpha value is -5.02. The van der Waals surface area contributed by atoms with Crippen molar-refractivity contribution >= 4 is 23.6 Å². The van der Waals surface area contributed by atoms with E-state index in [1.165, 1.54) is 0 Å². The van der Waals surface area contributed by atoms with Gasteiger partial charge < -0.3 is 20.4 Å². The Kier molecular flexibility index (Phi) is 9.69. The molecular weight excluding hydrogens is 578 g/mol. The zero-order valence-electron chi connectivity index (χ0n) is 26.5. The molecule has 4 heterocycles. The number of rotatable bonds is 8. The fourth-order valence-electron chi connectivity index (χ4n) is 6.27. The summed E-state index contributed by atoms with van der Waals surface area (Å²) in [6, 6.07) is 16.1. The number of benzene rings is 1. The normalized spacial score (nSPS) is 18.8. The maximum atomic E-state index is 13.7. The highest BCUT2D eigenvalue weighted by molar-refractivity contribution is 5.91. The molecule has 6 rings (SSSR count). The third-order valence-electron chi connectivity index (χ3n) is 8.84. The van der Waals surface area contributed by atoms with Crippen molar-refractivity contribution in [1.82, 2.24) is 34.9 Å². The molecule has 1 aliphatic carbocycles. The summed E-state index contributed by atoms with van der Waals surface area (Å²) in [4.78, 5) is 34.1. The summed E-state index contributed by atoms with van der Waals surface area (Å²) in [6.45, 7) is 4.08. The van der Waals surface area contributed by atoms with Crippen molar-refractivity contribution in [3.63, 3.8) is 0 Å². The quantitative estimate of drug-likeness (QED) is 0.294. The minimum Gasteiger partial charge on any atom is -0.354 e. The number of nitrogens with one attached hydrogen (secondary N) is 2. The number of likely N-dealkylation sites (N-methyl/N-ethyl adjacent to an activating group) is 1. The van der Waals surface area contributed by atoms with Gasteiger partial charge in [-0.1, -0.05) is 30.3 Å². The van der Waals surface area contributed by atoms with Crippen LogP contribution in [-0.2, 0) is 13.6 Å². The number of hydrogen-bond acceptors (Lipinski definition) is 9. The fourth-order valence-corrected chi connectivity index (χ4v) is 6.27. The molecule has 12 nitrogen and oxygen atoms in total. The van der Waals surface area contributed by atoms with Crippen LogP contribution in [0.25, 0.3) is 11.1 Å². The summed E-state index contributed by atoms with van der Waals surface area (Å²) < 4.78 is 1.76. The predicted molar refractivity (Wildman–Crippen MR) is 178 cm³/mol. The first-order chi connectivity index (χ1) is 22.5. The van der Waals surface area contributed by atoms with Gasteiger partial charge in [0.15, 0.2) is 5.82 Å². The van der Waals surface area contributed by atoms with E-state index in [0.29, 0.717) is 29.7 Å². The molecule has 0 atom stereocenters. The first-order valence-electron chi connectivity index (χ1n) is 16.0. The minimum absolute atomic E-state index is 0.0166. The molecule has 3 aromatic heterocycles. The Bertz CT molecular complexity index is 1640. The Morgan fingerprint density at radius 3 is 2.50 bits per heavy atom. The van der Waals surface area contributed by atoms with Gasteiger partial charge in [0.25, 0.3) is 0 Å². The predicted octanol–water partition coefficient (Wildman–Crippen LogP) is 4.43. The van der Waals surface area contributed by atoms with E-state index in [2.05, 4.69) is 43.6 Å². The number of aryl methyl sites for hydroxylation is 1. The van der Waals surface area contributed by atoms with Crippen molar-refractivity contribution in [3.05, 3.63) is 78.4 Å². The smallest absolute Gasteiger partial charge is 0.323 e. The zero-order valence-corrected chi connectivity index (χ0v) is 26.5. The summed E-state index contributed by atoms with van der Waals surface area (Å²) in [7, 11) is 4.01. The van der Waals surface area contributed by atoms with Crippen molar-refractivity contribution in [1.29, 1.82) is 5.26 Å². The third-order valence-corrected chi connectivity index (χ3v) is 8.84. The summed E-state index contributed by atoms with van der Waals surface area (Å²) in [5, 5.41) is 20.7. The summed E-state index contributed by atoms with van der Waals surface area (Å²) in [5.74, 6) is 1.86. The molecule has 4 aromatic rings. The first-order valence-corrected chi connectivity index (χ1v) is 16.0. The number of anilines is 3. The average Bonchev–Trinajstić information content (AvgIpc) is 3.41. The summed E-state index contributed by atoms with van der Waals surface area (Å²) >= 11 is 0. The van der Waals surface area contributed by atoms with Crippen LogP contribution in [0, 0.1) is 11.3 Å². The number of carbonyl (C=O) groups is 1. The molecule has 0 bridgehead atoms. The average molecular weight is 620 g/mol. The van der Waals surface area contributed by atoms with E-state index >= 15 is 0 Å². The van der Waals surface area contributed by atoms with E-state index in [-0.39, 0.29) is 18.1 Å². The van der Waals surface area contributed by atoms with Gasteiger partial charge in [0, 0.05) is 68.8 Å². The van der Waals surface area contributed by atoms with E-state index in [9.17, 15) is 10.1 Å². The Balaban J connectivity index is 1.14. The van der Waals surface area contributed by atoms with Gasteiger partial charge in [0.05, 0.1) is 12.4 Å². The molecule has 2 N–H and O–H groups in total. The highest BCUT2D eigenvalue weighted by atomic mass is 16.2. The molecule has 2 aliphatic rings. The SMILES string of the molecule is CN1CCCN(c2nc(N[C@H]3CC[C@H](N(C(=O)NCc4ccccc4)c4ccc(-c5cnn(C)c5)cn4)CC3)ncc2C#N)CC1. The molecular formula is C34H41N11O. The monoisotopic (exact) mass is 619 g/mol. The first kappa shape index (κ1) is 31.0. The second-order valence-electron chi connectivity index (χ2n) is 12.2. The van der Waals surface area contributed by atoms with E-state index < -0.39 is 0 Å². The number of carbonyl (C=O) groups excluding carboxylic acids is 1. The van der Waals surface area contributed by atoms with Gasteiger partial charge in [0.2, 0.25) is 5.95 Å². The number of amides is 2. The van der Waals surface area contributed by atoms with Crippen molar-refractivity contribution in [2.24, 2.45) is 7.05 Å². The van der Waals surface area contributed by atoms with Crippen LogP contribution < -0.4 is 20.4 Å². The van der Waals surface area contributed by atoms with Gasteiger partial charge in [-0.15, -0.1) is 0 Å². The lowest BCUT2D eigenvalue weighted by molar-refractivity contribution is 0.240. The van der Waals surface area contributed by atoms with E-state index in [0.717, 1.165) is 75.0 Å². The second-order valence-corrected chi connectivity index (χ2v) is 12.2. The van der Waals surface area contributed by atoms with E-state index in [1.807, 2.05) is 66.8 Å². The van der Waals surface area contributed by atoms with Crippen molar-refractivity contribution in [2.75, 3.05) is 48.3 Å². The number of hydrogen-bond donors (Lipinski definition) is 2. The number of urea groups is 1. The molecule has 1 saturated carbocycles. The molecule has 2 amide bonds. The van der Waals surface area contributed by atoms with Gasteiger partial charge in [-0.05, 0) is 63.4 Å². The largest absolute Gasteiger partial charge is 0.354 e. The summed E-state index contributed by atoms with van der Waals surface area (Å²) in [6.07, 6.45) is 11.5. The van der Waals surface area contributed by atoms with Crippen molar-refractivity contribution < 1.29 is 4.79 Å². The summed E-state index contributed by atoms with van der Waals surface area (Å²) in [5.41, 5.74) is 3.46. The van der Waals surface area contributed by atoms with Crippen LogP contribution in [0.1, 0.15) is 43.2 Å². The van der Waals surface area contributed by atoms with Crippen LogP contribution in [0.2, 0.25) is 0 Å². The maximum absolute atomic E-state index is 13.7. The van der Waals surface area contributed by atoms with E-state index in [1.54, 1.807) is 17.1 Å². The molecule has 2 fully saturated rings. The van der Waals surface area contributed by atoms with Crippen LogP contribution in [0.15, 0.2) is 67.3 Å². The van der Waals surface area contributed by atoms with Crippen molar-refractivity contribution in [2.45, 2.75) is 50.7 Å². The minimum atomic E-state index is -0.162. The highest BCUT2D eigenvalue weighted by Crippen LogP contribution is 2.30. The van der Waals surface area contributed by atoms with Crippen molar-refractivity contribution in [3.8, 4) is 17.2 Å². The maximum Gasteiger partial charge on any atom is 0.323 e. The van der Waals surface area contributed by atoms with Gasteiger partial charge >= 0.3 is 6.03 Å². The number of nitriles is 1. The van der Waals surface area contributed by atoms with Gasteiger partial charge in [-0.3, -0.25) is 9.58 Å². The Labute approximate surface area is 270 Å². The molecule has 1 saturated heterocycles. The molecule has 238 valence electrons. The number of nitrogens with zero attached hydrogens (tertiary/aromatic N) is 9. The molecule has 1 aromatic carbocycles.